The summed E-state index contributed by atoms with van der Waals surface area (Å²) in [4.78, 5) is 37.9. The van der Waals surface area contributed by atoms with Crippen molar-refractivity contribution in [3.8, 4) is 0 Å². The first-order valence-electron chi connectivity index (χ1n) is 6.24. The first-order valence-corrected chi connectivity index (χ1v) is 7.00. The summed E-state index contributed by atoms with van der Waals surface area (Å²) in [6.45, 7) is 0. The third-order valence-corrected chi connectivity index (χ3v) is 4.10. The van der Waals surface area contributed by atoms with Gasteiger partial charge in [0.15, 0.2) is 0 Å². The molecule has 7 nitrogen and oxygen atoms in total. The fourth-order valence-corrected chi connectivity index (χ4v) is 3.02. The van der Waals surface area contributed by atoms with Crippen molar-refractivity contribution in [1.29, 1.82) is 0 Å². The number of amides is 2. The third-order valence-electron chi connectivity index (χ3n) is 3.44. The molecule has 9 heteroatoms. The number of aromatic amines is 1. The largest absolute Gasteiger partial charge is 0.329 e. The summed E-state index contributed by atoms with van der Waals surface area (Å²) in [6, 6.07) is 3.44. The van der Waals surface area contributed by atoms with Gasteiger partial charge in [-0.2, -0.15) is 0 Å². The number of H-pyrrole nitrogens is 1. The number of nitrogens with zero attached hydrogens (tertiary/aromatic N) is 1. The van der Waals surface area contributed by atoms with Gasteiger partial charge in [0.2, 0.25) is 0 Å². The molecule has 0 saturated heterocycles. The van der Waals surface area contributed by atoms with E-state index in [0.29, 0.717) is 15.6 Å². The molecule has 0 spiro atoms. The van der Waals surface area contributed by atoms with Crippen LogP contribution >= 0.6 is 23.2 Å². The number of hydrogen-bond donors (Lipinski definition) is 3. The molecule has 3 N–H and O–H groups in total. The van der Waals surface area contributed by atoms with Gasteiger partial charge in [-0.3, -0.25) is 19.7 Å². The van der Waals surface area contributed by atoms with Gasteiger partial charge in [0.05, 0.1) is 11.6 Å². The number of carbonyl (C=O) groups excluding carboxylic acids is 1. The molecule has 0 saturated carbocycles. The van der Waals surface area contributed by atoms with E-state index in [0.717, 1.165) is 4.57 Å². The molecule has 0 fully saturated rings. The standard InChI is InChI=1S/C13H10Cl2N4O3/c1-19-10-8(11(20)18-13(19)22)9(16-12(21)17-10)7-5(14)3-2-4-6(7)15/h2-4,9H,1H3,(H2,16,17,21)(H,18,20,22). The summed E-state index contributed by atoms with van der Waals surface area (Å²) in [7, 11) is 1.44. The van der Waals surface area contributed by atoms with Crippen LogP contribution in [0.5, 0.6) is 0 Å². The Morgan fingerprint density at radius 1 is 1.09 bits per heavy atom. The summed E-state index contributed by atoms with van der Waals surface area (Å²) in [5.41, 5.74) is -0.690. The number of carbonyl (C=O) groups is 1. The molecule has 0 radical (unpaired) electrons. The van der Waals surface area contributed by atoms with E-state index in [1.807, 2.05) is 0 Å². The van der Waals surface area contributed by atoms with E-state index in [9.17, 15) is 14.4 Å². The van der Waals surface area contributed by atoms with Crippen LogP contribution in [0.1, 0.15) is 17.2 Å². The molecule has 114 valence electrons. The number of nitrogens with one attached hydrogen (secondary N) is 3. The molecule has 0 bridgehead atoms. The lowest BCUT2D eigenvalue weighted by molar-refractivity contribution is 0.248. The van der Waals surface area contributed by atoms with Gasteiger partial charge in [-0.15, -0.1) is 0 Å². The normalized spacial score (nSPS) is 16.7. The lowest BCUT2D eigenvalue weighted by Gasteiger charge is -2.28. The van der Waals surface area contributed by atoms with Crippen molar-refractivity contribution in [3.05, 3.63) is 60.2 Å². The van der Waals surface area contributed by atoms with E-state index < -0.39 is 23.3 Å². The first-order chi connectivity index (χ1) is 10.4. The van der Waals surface area contributed by atoms with Crippen LogP contribution in [0.4, 0.5) is 10.6 Å². The molecule has 22 heavy (non-hydrogen) atoms. The van der Waals surface area contributed by atoms with Crippen LogP contribution in [-0.2, 0) is 7.05 Å². The number of aromatic nitrogens is 2. The maximum absolute atomic E-state index is 12.2. The van der Waals surface area contributed by atoms with Crippen molar-refractivity contribution in [2.24, 2.45) is 7.05 Å². The van der Waals surface area contributed by atoms with Crippen molar-refractivity contribution in [2.75, 3.05) is 5.32 Å². The van der Waals surface area contributed by atoms with E-state index in [-0.39, 0.29) is 11.4 Å². The predicted octanol–water partition coefficient (Wildman–Crippen LogP) is 1.60. The van der Waals surface area contributed by atoms with Crippen LogP contribution < -0.4 is 21.9 Å². The van der Waals surface area contributed by atoms with Crippen LogP contribution in [0.3, 0.4) is 0 Å². The Balaban J connectivity index is 2.34. The van der Waals surface area contributed by atoms with Gasteiger partial charge in [-0.1, -0.05) is 29.3 Å². The zero-order valence-electron chi connectivity index (χ0n) is 11.2. The van der Waals surface area contributed by atoms with Gasteiger partial charge in [0.1, 0.15) is 5.82 Å². The number of halogens is 2. The van der Waals surface area contributed by atoms with Crippen LogP contribution in [0.2, 0.25) is 10.0 Å². The van der Waals surface area contributed by atoms with Gasteiger partial charge in [0.25, 0.3) is 5.56 Å². The van der Waals surface area contributed by atoms with Crippen molar-refractivity contribution >= 4 is 35.1 Å². The molecule has 1 unspecified atom stereocenters. The molecular weight excluding hydrogens is 331 g/mol. The summed E-state index contributed by atoms with van der Waals surface area (Å²) < 4.78 is 1.15. The monoisotopic (exact) mass is 340 g/mol. The number of benzene rings is 1. The number of anilines is 1. The lowest BCUT2D eigenvalue weighted by atomic mass is 9.98. The predicted molar refractivity (Wildman–Crippen MR) is 82.8 cm³/mol. The molecule has 1 aliphatic rings. The van der Waals surface area contributed by atoms with E-state index in [1.165, 1.54) is 7.05 Å². The van der Waals surface area contributed by atoms with Crippen molar-refractivity contribution < 1.29 is 4.79 Å². The second-order valence-electron chi connectivity index (χ2n) is 4.75. The molecule has 3 rings (SSSR count). The average Bonchev–Trinajstić information content (AvgIpc) is 2.44. The highest BCUT2D eigenvalue weighted by Gasteiger charge is 2.33. The molecule has 2 amide bonds. The second-order valence-corrected chi connectivity index (χ2v) is 5.56. The van der Waals surface area contributed by atoms with E-state index in [4.69, 9.17) is 23.2 Å². The number of urea groups is 1. The molecule has 1 aliphatic heterocycles. The van der Waals surface area contributed by atoms with Crippen molar-refractivity contribution in [2.45, 2.75) is 6.04 Å². The minimum absolute atomic E-state index is 0.110. The minimum atomic E-state index is -0.861. The molecule has 1 atom stereocenters. The average molecular weight is 341 g/mol. The third kappa shape index (κ3) is 2.18. The van der Waals surface area contributed by atoms with Crippen LogP contribution in [0.25, 0.3) is 0 Å². The minimum Gasteiger partial charge on any atom is -0.326 e. The first kappa shape index (κ1) is 14.7. The lowest BCUT2D eigenvalue weighted by Crippen LogP contribution is -2.46. The van der Waals surface area contributed by atoms with Crippen LogP contribution in [-0.4, -0.2) is 15.6 Å². The number of hydrogen-bond acceptors (Lipinski definition) is 3. The molecular formula is C13H10Cl2N4O3. The number of fused-ring (bicyclic) bond motifs is 1. The molecule has 1 aromatic heterocycles. The Kier molecular flexibility index (Phi) is 3.46. The Hall–Kier alpha value is -2.25. The summed E-state index contributed by atoms with van der Waals surface area (Å²) >= 11 is 12.3. The van der Waals surface area contributed by atoms with Crippen LogP contribution in [0.15, 0.2) is 27.8 Å². The summed E-state index contributed by atoms with van der Waals surface area (Å²) in [5, 5.41) is 5.67. The topological polar surface area (TPSA) is 96.0 Å². The quantitative estimate of drug-likeness (QED) is 0.735. The zero-order chi connectivity index (χ0) is 16.0. The SMILES string of the molecule is Cn1c2c(c(=O)[nH]c1=O)C(c1c(Cl)cccc1Cl)NC(=O)N2. The van der Waals surface area contributed by atoms with Gasteiger partial charge in [-0.25, -0.2) is 9.59 Å². The fraction of sp³-hybridized carbons (Fsp3) is 0.154. The van der Waals surface area contributed by atoms with Crippen LogP contribution in [0, 0.1) is 0 Å². The van der Waals surface area contributed by atoms with Gasteiger partial charge in [0, 0.05) is 22.7 Å². The van der Waals surface area contributed by atoms with E-state index in [2.05, 4.69) is 15.6 Å². The Bertz CT molecular complexity index is 883. The van der Waals surface area contributed by atoms with Crippen molar-refractivity contribution in [3.63, 3.8) is 0 Å². The highest BCUT2D eigenvalue weighted by atomic mass is 35.5. The van der Waals surface area contributed by atoms with E-state index >= 15 is 0 Å². The van der Waals surface area contributed by atoms with Gasteiger partial charge < -0.3 is 5.32 Å². The smallest absolute Gasteiger partial charge is 0.326 e. The highest BCUT2D eigenvalue weighted by molar-refractivity contribution is 6.36. The number of rotatable bonds is 1. The summed E-state index contributed by atoms with van der Waals surface area (Å²) in [5.74, 6) is 0.110. The fourth-order valence-electron chi connectivity index (χ4n) is 2.41. The molecule has 0 aliphatic carbocycles. The maximum Gasteiger partial charge on any atom is 0.329 e. The second kappa shape index (κ2) is 5.19. The zero-order valence-corrected chi connectivity index (χ0v) is 12.7. The van der Waals surface area contributed by atoms with Gasteiger partial charge in [-0.05, 0) is 12.1 Å². The molecule has 2 aromatic rings. The highest BCUT2D eigenvalue weighted by Crippen LogP contribution is 2.36. The Morgan fingerprint density at radius 3 is 2.36 bits per heavy atom. The van der Waals surface area contributed by atoms with E-state index in [1.54, 1.807) is 18.2 Å². The maximum atomic E-state index is 12.2. The Morgan fingerprint density at radius 2 is 1.73 bits per heavy atom. The summed E-state index contributed by atoms with van der Waals surface area (Å²) in [6.07, 6.45) is 0. The molecule has 1 aromatic carbocycles. The van der Waals surface area contributed by atoms with Crippen molar-refractivity contribution in [1.82, 2.24) is 14.9 Å². The Labute approximate surface area is 133 Å². The van der Waals surface area contributed by atoms with Gasteiger partial charge >= 0.3 is 11.7 Å². The molecule has 2 heterocycles.